The van der Waals surface area contributed by atoms with Crippen molar-refractivity contribution in [3.8, 4) is 11.1 Å². The van der Waals surface area contributed by atoms with Crippen molar-refractivity contribution in [2.45, 2.75) is 71.1 Å². The van der Waals surface area contributed by atoms with Crippen molar-refractivity contribution in [2.75, 3.05) is 0 Å². The standard InChI is InChI=1S/C31H34F4/c1-3-5-20-6-11-23(12-7-20)26-18-19-27(31(35)30(26)34)24-13-8-21(9-14-24)10-15-25-17-16-22(4-2)28(32)29(25)33/h8-10,13-15,17-20,22-23H,3-7,11-12,16H2,1-2H3/b15-10+/t20?,22-,23?/m0/s1. The molecule has 0 saturated heterocycles. The van der Waals surface area contributed by atoms with Gasteiger partial charge < -0.3 is 0 Å². The number of hydrogen-bond acceptors (Lipinski definition) is 0. The second kappa shape index (κ2) is 11.4. The van der Waals surface area contributed by atoms with Gasteiger partial charge in [0.15, 0.2) is 17.5 Å². The zero-order valence-electron chi connectivity index (χ0n) is 20.6. The molecule has 0 heterocycles. The van der Waals surface area contributed by atoms with Gasteiger partial charge in [0.25, 0.3) is 0 Å². The van der Waals surface area contributed by atoms with Crippen LogP contribution in [0.1, 0.15) is 82.3 Å². The van der Waals surface area contributed by atoms with Crippen molar-refractivity contribution in [2.24, 2.45) is 11.8 Å². The lowest BCUT2D eigenvalue weighted by Crippen LogP contribution is -2.14. The lowest BCUT2D eigenvalue weighted by molar-refractivity contribution is 0.303. The SMILES string of the molecule is CCCC1CCC(c2ccc(-c3ccc(/C=C/C4=CC[C@H](CC)C(F)=C4F)cc3)c(F)c2F)CC1. The minimum Gasteiger partial charge on any atom is -0.208 e. The van der Waals surface area contributed by atoms with Crippen molar-refractivity contribution < 1.29 is 17.6 Å². The van der Waals surface area contributed by atoms with Crippen LogP contribution in [0.4, 0.5) is 17.6 Å². The second-order valence-electron chi connectivity index (χ2n) is 9.95. The predicted molar refractivity (Wildman–Crippen MR) is 136 cm³/mol. The smallest absolute Gasteiger partial charge is 0.166 e. The Kier molecular flexibility index (Phi) is 8.30. The maximum atomic E-state index is 15.1. The van der Waals surface area contributed by atoms with Gasteiger partial charge in [0.2, 0.25) is 0 Å². The first-order chi connectivity index (χ1) is 16.9. The van der Waals surface area contributed by atoms with Crippen LogP contribution in [-0.2, 0) is 0 Å². The molecule has 2 aliphatic rings. The molecule has 2 aliphatic carbocycles. The molecule has 0 nitrogen and oxygen atoms in total. The van der Waals surface area contributed by atoms with E-state index in [1.807, 2.05) is 6.92 Å². The van der Waals surface area contributed by atoms with Crippen molar-refractivity contribution in [1.29, 1.82) is 0 Å². The molecule has 1 fully saturated rings. The Morgan fingerprint density at radius 2 is 1.54 bits per heavy atom. The fourth-order valence-electron chi connectivity index (χ4n) is 5.50. The third-order valence-electron chi connectivity index (χ3n) is 7.71. The number of benzene rings is 2. The van der Waals surface area contributed by atoms with Crippen molar-refractivity contribution >= 4 is 6.08 Å². The minimum atomic E-state index is -0.804. The molecule has 186 valence electrons. The molecule has 0 amide bonds. The molecule has 2 aromatic carbocycles. The molecule has 0 N–H and O–H groups in total. The molecular weight excluding hydrogens is 448 g/mol. The van der Waals surface area contributed by atoms with Gasteiger partial charge in [0.1, 0.15) is 5.83 Å². The van der Waals surface area contributed by atoms with E-state index in [2.05, 4.69) is 6.92 Å². The van der Waals surface area contributed by atoms with E-state index in [0.29, 0.717) is 29.9 Å². The summed E-state index contributed by atoms with van der Waals surface area (Å²) in [5, 5.41) is 0. The van der Waals surface area contributed by atoms with E-state index in [-0.39, 0.29) is 23.0 Å². The summed E-state index contributed by atoms with van der Waals surface area (Å²) < 4.78 is 58.5. The topological polar surface area (TPSA) is 0 Å². The summed E-state index contributed by atoms with van der Waals surface area (Å²) in [7, 11) is 0. The first kappa shape index (κ1) is 25.5. The molecular formula is C31H34F4. The zero-order chi connectivity index (χ0) is 24.9. The quantitative estimate of drug-likeness (QED) is 0.344. The van der Waals surface area contributed by atoms with Crippen LogP contribution in [0.2, 0.25) is 0 Å². The van der Waals surface area contributed by atoms with Gasteiger partial charge in [-0.25, -0.2) is 17.6 Å². The summed E-state index contributed by atoms with van der Waals surface area (Å²) >= 11 is 0. The number of rotatable bonds is 7. The number of halogens is 4. The van der Waals surface area contributed by atoms with Crippen LogP contribution in [0.25, 0.3) is 17.2 Å². The normalized spacial score (nSPS) is 23.1. The molecule has 2 aromatic rings. The fourth-order valence-corrected chi connectivity index (χ4v) is 5.50. The van der Waals surface area contributed by atoms with Crippen LogP contribution in [0.15, 0.2) is 65.8 Å². The van der Waals surface area contributed by atoms with Gasteiger partial charge in [-0.15, -0.1) is 0 Å². The van der Waals surface area contributed by atoms with E-state index >= 15 is 8.78 Å². The van der Waals surface area contributed by atoms with Gasteiger partial charge >= 0.3 is 0 Å². The highest BCUT2D eigenvalue weighted by Gasteiger charge is 2.26. The molecule has 4 heteroatoms. The Balaban J connectivity index is 1.46. The van der Waals surface area contributed by atoms with Crippen molar-refractivity contribution in [1.82, 2.24) is 0 Å². The summed E-state index contributed by atoms with van der Waals surface area (Å²) in [6.07, 6.45) is 12.4. The van der Waals surface area contributed by atoms with Crippen LogP contribution in [0.3, 0.4) is 0 Å². The van der Waals surface area contributed by atoms with Gasteiger partial charge in [-0.1, -0.05) is 81.3 Å². The van der Waals surface area contributed by atoms with E-state index < -0.39 is 23.3 Å². The maximum Gasteiger partial charge on any atom is 0.166 e. The summed E-state index contributed by atoms with van der Waals surface area (Å²) in [4.78, 5) is 0. The molecule has 4 rings (SSSR count). The van der Waals surface area contributed by atoms with E-state index in [0.717, 1.165) is 31.2 Å². The number of allylic oxidation sites excluding steroid dienone is 5. The molecule has 1 atom stereocenters. The molecule has 0 bridgehead atoms. The van der Waals surface area contributed by atoms with Gasteiger partial charge in [0.05, 0.1) is 0 Å². The third kappa shape index (κ3) is 5.63. The van der Waals surface area contributed by atoms with E-state index in [9.17, 15) is 8.78 Å². The molecule has 35 heavy (non-hydrogen) atoms. The zero-order valence-corrected chi connectivity index (χ0v) is 20.6. The highest BCUT2D eigenvalue weighted by molar-refractivity contribution is 5.67. The Hall–Kier alpha value is -2.62. The first-order valence-electron chi connectivity index (χ1n) is 12.9. The maximum absolute atomic E-state index is 15.1. The van der Waals surface area contributed by atoms with Crippen LogP contribution in [-0.4, -0.2) is 0 Å². The van der Waals surface area contributed by atoms with Crippen molar-refractivity contribution in [3.05, 3.63) is 88.5 Å². The molecule has 0 aromatic heterocycles. The highest BCUT2D eigenvalue weighted by Crippen LogP contribution is 2.40. The van der Waals surface area contributed by atoms with Gasteiger partial charge in [-0.3, -0.25) is 0 Å². The van der Waals surface area contributed by atoms with E-state index in [1.165, 1.54) is 12.8 Å². The van der Waals surface area contributed by atoms with Crippen molar-refractivity contribution in [3.63, 3.8) is 0 Å². The first-order valence-corrected chi connectivity index (χ1v) is 12.9. The molecule has 0 unspecified atom stereocenters. The van der Waals surface area contributed by atoms with E-state index in [1.54, 1.807) is 54.6 Å². The summed E-state index contributed by atoms with van der Waals surface area (Å²) in [6, 6.07) is 10.4. The molecule has 0 radical (unpaired) electrons. The predicted octanol–water partition coefficient (Wildman–Crippen LogP) is 10.2. The number of hydrogen-bond donors (Lipinski definition) is 0. The molecule has 1 saturated carbocycles. The van der Waals surface area contributed by atoms with Crippen LogP contribution in [0, 0.1) is 23.5 Å². The van der Waals surface area contributed by atoms with Crippen LogP contribution < -0.4 is 0 Å². The van der Waals surface area contributed by atoms with Gasteiger partial charge in [0, 0.05) is 17.1 Å². The second-order valence-corrected chi connectivity index (χ2v) is 9.95. The van der Waals surface area contributed by atoms with Crippen LogP contribution in [0.5, 0.6) is 0 Å². The minimum absolute atomic E-state index is 0.0835. The Morgan fingerprint density at radius 3 is 2.20 bits per heavy atom. The van der Waals surface area contributed by atoms with E-state index in [4.69, 9.17) is 0 Å². The van der Waals surface area contributed by atoms with Gasteiger partial charge in [-0.05, 0) is 67.1 Å². The average molecular weight is 483 g/mol. The average Bonchev–Trinajstić information content (AvgIpc) is 2.88. The Labute approximate surface area is 206 Å². The Bertz CT molecular complexity index is 1120. The van der Waals surface area contributed by atoms with Gasteiger partial charge in [-0.2, -0.15) is 0 Å². The Morgan fingerprint density at radius 1 is 0.829 bits per heavy atom. The largest absolute Gasteiger partial charge is 0.208 e. The fraction of sp³-hybridized carbons (Fsp3) is 0.419. The summed E-state index contributed by atoms with van der Waals surface area (Å²) in [5.74, 6) is -2.60. The summed E-state index contributed by atoms with van der Waals surface area (Å²) in [5.41, 5.74) is 2.31. The summed E-state index contributed by atoms with van der Waals surface area (Å²) in [6.45, 7) is 4.03. The molecule has 0 aliphatic heterocycles. The molecule has 0 spiro atoms. The lowest BCUT2D eigenvalue weighted by atomic mass is 9.77. The van der Waals surface area contributed by atoms with Crippen LogP contribution >= 0.6 is 0 Å². The third-order valence-corrected chi connectivity index (χ3v) is 7.71. The highest BCUT2D eigenvalue weighted by atomic mass is 19.2. The monoisotopic (exact) mass is 482 g/mol. The lowest BCUT2D eigenvalue weighted by Gasteiger charge is -2.29.